The first-order valence-electron chi connectivity index (χ1n) is 7.57. The zero-order chi connectivity index (χ0) is 15.9. The van der Waals surface area contributed by atoms with Crippen LogP contribution in [0.15, 0.2) is 12.4 Å². The summed E-state index contributed by atoms with van der Waals surface area (Å²) in [5, 5.41) is 4.00. The van der Waals surface area contributed by atoms with Gasteiger partial charge in [-0.25, -0.2) is 13.1 Å². The number of hydrogen-bond donors (Lipinski definition) is 1. The maximum atomic E-state index is 12.0. The van der Waals surface area contributed by atoms with Gasteiger partial charge in [-0.3, -0.25) is 9.48 Å². The Hall–Kier alpha value is -1.41. The summed E-state index contributed by atoms with van der Waals surface area (Å²) in [5.41, 5.74) is 0.833. The van der Waals surface area contributed by atoms with Gasteiger partial charge in [-0.15, -0.1) is 0 Å². The molecule has 22 heavy (non-hydrogen) atoms. The molecule has 2 heterocycles. The Morgan fingerprint density at radius 3 is 2.68 bits per heavy atom. The van der Waals surface area contributed by atoms with E-state index in [1.165, 1.54) is 0 Å². The van der Waals surface area contributed by atoms with Gasteiger partial charge in [-0.05, 0) is 12.3 Å². The summed E-state index contributed by atoms with van der Waals surface area (Å²) in [7, 11) is -1.53. The summed E-state index contributed by atoms with van der Waals surface area (Å²) in [4.78, 5) is 13.8. The first-order chi connectivity index (χ1) is 10.3. The fourth-order valence-electron chi connectivity index (χ4n) is 2.88. The number of aryl methyl sites for hydroxylation is 1. The van der Waals surface area contributed by atoms with Crippen molar-refractivity contribution in [2.75, 3.05) is 18.8 Å². The minimum Gasteiger partial charge on any atom is -0.342 e. The van der Waals surface area contributed by atoms with Crippen LogP contribution in [0.3, 0.4) is 0 Å². The molecule has 7 nitrogen and oxygen atoms in total. The van der Waals surface area contributed by atoms with Crippen LogP contribution in [0.1, 0.15) is 18.9 Å². The van der Waals surface area contributed by atoms with Crippen LogP contribution in [0.5, 0.6) is 0 Å². The van der Waals surface area contributed by atoms with Gasteiger partial charge in [0.15, 0.2) is 0 Å². The Labute approximate surface area is 130 Å². The lowest BCUT2D eigenvalue weighted by molar-refractivity contribution is -0.138. The number of amides is 1. The third-order valence-electron chi connectivity index (χ3n) is 4.41. The van der Waals surface area contributed by atoms with Crippen molar-refractivity contribution < 1.29 is 13.2 Å². The second kappa shape index (κ2) is 5.66. The van der Waals surface area contributed by atoms with E-state index in [4.69, 9.17) is 0 Å². The quantitative estimate of drug-likeness (QED) is 0.795. The van der Waals surface area contributed by atoms with Gasteiger partial charge in [0.25, 0.3) is 0 Å². The molecule has 1 aromatic heterocycles. The molecule has 8 heteroatoms. The van der Waals surface area contributed by atoms with Crippen molar-refractivity contribution in [1.82, 2.24) is 19.4 Å². The lowest BCUT2D eigenvalue weighted by Gasteiger charge is -2.39. The molecule has 1 aromatic rings. The van der Waals surface area contributed by atoms with Crippen molar-refractivity contribution in [1.29, 1.82) is 0 Å². The number of carbonyl (C=O) groups excluding carboxylic acids is 1. The Morgan fingerprint density at radius 1 is 1.45 bits per heavy atom. The van der Waals surface area contributed by atoms with Crippen LogP contribution in [0.25, 0.3) is 0 Å². The van der Waals surface area contributed by atoms with E-state index in [0.29, 0.717) is 19.0 Å². The largest absolute Gasteiger partial charge is 0.342 e. The minimum atomic E-state index is -3.32. The highest BCUT2D eigenvalue weighted by molar-refractivity contribution is 7.89. The number of nitrogens with one attached hydrogen (secondary N) is 1. The summed E-state index contributed by atoms with van der Waals surface area (Å²) in [5.74, 6) is 1.00. The number of rotatable bonds is 6. The normalized spacial score (nSPS) is 25.1. The van der Waals surface area contributed by atoms with Gasteiger partial charge in [0, 0.05) is 50.3 Å². The molecule has 0 unspecified atom stereocenters. The Kier molecular flexibility index (Phi) is 3.98. The molecule has 0 aromatic carbocycles. The zero-order valence-corrected chi connectivity index (χ0v) is 13.7. The molecular weight excluding hydrogens is 304 g/mol. The van der Waals surface area contributed by atoms with Crippen LogP contribution in [0, 0.1) is 17.8 Å². The Balaban J connectivity index is 1.42. The topological polar surface area (TPSA) is 84.3 Å². The van der Waals surface area contributed by atoms with Crippen molar-refractivity contribution in [2.24, 2.45) is 24.8 Å². The summed E-state index contributed by atoms with van der Waals surface area (Å²) in [6, 6.07) is 0. The average Bonchev–Trinajstić information content (AvgIpc) is 2.98. The lowest BCUT2D eigenvalue weighted by Crippen LogP contribution is -2.53. The summed E-state index contributed by atoms with van der Waals surface area (Å²) in [6.07, 6.45) is 4.40. The highest BCUT2D eigenvalue weighted by Crippen LogP contribution is 2.40. The Bertz CT molecular complexity index is 663. The predicted molar refractivity (Wildman–Crippen MR) is 81.2 cm³/mol. The van der Waals surface area contributed by atoms with E-state index in [2.05, 4.69) is 16.7 Å². The van der Waals surface area contributed by atoms with E-state index in [1.807, 2.05) is 0 Å². The molecule has 0 spiro atoms. The molecule has 0 bridgehead atoms. The van der Waals surface area contributed by atoms with Gasteiger partial charge in [0.05, 0.1) is 11.9 Å². The van der Waals surface area contributed by atoms with Crippen molar-refractivity contribution in [2.45, 2.75) is 19.9 Å². The second-order valence-corrected chi connectivity index (χ2v) is 8.41. The van der Waals surface area contributed by atoms with Gasteiger partial charge in [0.2, 0.25) is 15.9 Å². The molecule has 1 saturated carbocycles. The smallest absolute Gasteiger partial charge is 0.225 e. The average molecular weight is 326 g/mol. The third kappa shape index (κ3) is 3.49. The highest BCUT2D eigenvalue weighted by atomic mass is 32.2. The monoisotopic (exact) mass is 326 g/mol. The number of nitrogens with zero attached hydrogens (tertiary/aromatic N) is 3. The maximum Gasteiger partial charge on any atom is 0.225 e. The summed E-state index contributed by atoms with van der Waals surface area (Å²) < 4.78 is 28.3. The molecule has 2 fully saturated rings. The van der Waals surface area contributed by atoms with Crippen LogP contribution in [-0.2, 0) is 28.4 Å². The second-order valence-electron chi connectivity index (χ2n) is 6.55. The molecule has 1 aliphatic carbocycles. The molecule has 3 rings (SSSR count). The molecule has 1 saturated heterocycles. The molecule has 1 amide bonds. The number of hydrogen-bond acceptors (Lipinski definition) is 4. The maximum absolute atomic E-state index is 12.0. The van der Waals surface area contributed by atoms with E-state index in [1.54, 1.807) is 29.0 Å². The van der Waals surface area contributed by atoms with E-state index in [9.17, 15) is 13.2 Å². The molecule has 1 aliphatic heterocycles. The van der Waals surface area contributed by atoms with Crippen LogP contribution in [0.2, 0.25) is 0 Å². The SMILES string of the molecule is C[C@@H]1C[C@H]1C(=O)N1CC(CS(=O)(=O)NCc2cnn(C)c2)C1. The summed E-state index contributed by atoms with van der Waals surface area (Å²) >= 11 is 0. The van der Waals surface area contributed by atoms with Crippen LogP contribution in [0.4, 0.5) is 0 Å². The van der Waals surface area contributed by atoms with E-state index in [-0.39, 0.29) is 30.0 Å². The fourth-order valence-corrected chi connectivity index (χ4v) is 4.22. The highest BCUT2D eigenvalue weighted by Gasteiger charge is 2.45. The molecular formula is C14H22N4O3S. The van der Waals surface area contributed by atoms with Crippen molar-refractivity contribution in [3.05, 3.63) is 18.0 Å². The fraction of sp³-hybridized carbons (Fsp3) is 0.714. The molecule has 2 atom stereocenters. The lowest BCUT2D eigenvalue weighted by atomic mass is 10.0. The minimum absolute atomic E-state index is 0.0457. The van der Waals surface area contributed by atoms with E-state index >= 15 is 0 Å². The molecule has 122 valence electrons. The molecule has 1 N–H and O–H groups in total. The van der Waals surface area contributed by atoms with Gasteiger partial charge in [0.1, 0.15) is 0 Å². The number of aromatic nitrogens is 2. The van der Waals surface area contributed by atoms with Crippen LogP contribution < -0.4 is 4.72 Å². The number of carbonyl (C=O) groups is 1. The summed E-state index contributed by atoms with van der Waals surface area (Å²) in [6.45, 7) is 3.46. The Morgan fingerprint density at radius 2 is 2.14 bits per heavy atom. The van der Waals surface area contributed by atoms with Crippen molar-refractivity contribution >= 4 is 15.9 Å². The predicted octanol–water partition coefficient (Wildman–Crippen LogP) is -0.0461. The molecule has 0 radical (unpaired) electrons. The third-order valence-corrected chi connectivity index (χ3v) is 5.90. The van der Waals surface area contributed by atoms with E-state index in [0.717, 1.165) is 12.0 Å². The zero-order valence-electron chi connectivity index (χ0n) is 12.9. The van der Waals surface area contributed by atoms with Gasteiger partial charge >= 0.3 is 0 Å². The molecule has 2 aliphatic rings. The van der Waals surface area contributed by atoms with Crippen molar-refractivity contribution in [3.63, 3.8) is 0 Å². The standard InChI is InChI=1S/C14H22N4O3S/c1-10-3-13(10)14(19)18-7-12(8-18)9-22(20,21)16-5-11-4-15-17(2)6-11/h4,6,10,12-13,16H,3,5,7-9H2,1-2H3/t10-,13-/m1/s1. The van der Waals surface area contributed by atoms with Crippen LogP contribution in [-0.4, -0.2) is 47.8 Å². The van der Waals surface area contributed by atoms with Crippen LogP contribution >= 0.6 is 0 Å². The van der Waals surface area contributed by atoms with Gasteiger partial charge < -0.3 is 4.90 Å². The number of sulfonamides is 1. The number of likely N-dealkylation sites (tertiary alicyclic amines) is 1. The van der Waals surface area contributed by atoms with Gasteiger partial charge in [-0.1, -0.05) is 6.92 Å². The first kappa shape index (κ1) is 15.5. The van der Waals surface area contributed by atoms with Crippen molar-refractivity contribution in [3.8, 4) is 0 Å². The van der Waals surface area contributed by atoms with Gasteiger partial charge in [-0.2, -0.15) is 5.10 Å². The first-order valence-corrected chi connectivity index (χ1v) is 9.23. The van der Waals surface area contributed by atoms with E-state index < -0.39 is 10.0 Å².